The summed E-state index contributed by atoms with van der Waals surface area (Å²) in [5, 5.41) is 4.43. The molecule has 196 valence electrons. The Morgan fingerprint density at radius 2 is 1.33 bits per heavy atom. The van der Waals surface area contributed by atoms with Crippen LogP contribution in [-0.2, 0) is 14.8 Å². The first-order chi connectivity index (χ1) is 17.3. The molecular formula is C28H39N3O4S. The van der Waals surface area contributed by atoms with Crippen LogP contribution in [0.5, 0.6) is 11.5 Å². The van der Waals surface area contributed by atoms with Crippen LogP contribution in [0, 0.1) is 0 Å². The summed E-state index contributed by atoms with van der Waals surface area (Å²) < 4.78 is 32.2. The first-order valence-corrected chi connectivity index (χ1v) is 14.9. The maximum absolute atomic E-state index is 13.0. The molecule has 1 atom stereocenters. The van der Waals surface area contributed by atoms with Crippen molar-refractivity contribution in [3.8, 4) is 11.5 Å². The second kappa shape index (κ2) is 14.0. The molecular weight excluding hydrogens is 474 g/mol. The minimum absolute atomic E-state index is 0.388. The molecule has 0 aliphatic heterocycles. The van der Waals surface area contributed by atoms with E-state index in [4.69, 9.17) is 4.74 Å². The van der Waals surface area contributed by atoms with E-state index in [-0.39, 0.29) is 0 Å². The quantitative estimate of drug-likeness (QED) is 0.433. The fourth-order valence-electron chi connectivity index (χ4n) is 4.45. The first kappa shape index (κ1) is 27.7. The third-order valence-electron chi connectivity index (χ3n) is 6.41. The maximum atomic E-state index is 13.0. The van der Waals surface area contributed by atoms with E-state index in [1.54, 1.807) is 31.2 Å². The Balaban J connectivity index is 1.67. The van der Waals surface area contributed by atoms with Crippen molar-refractivity contribution < 1.29 is 17.9 Å². The van der Waals surface area contributed by atoms with E-state index < -0.39 is 22.0 Å². The number of anilines is 1. The van der Waals surface area contributed by atoms with Crippen LogP contribution in [0.4, 0.5) is 5.69 Å². The lowest BCUT2D eigenvalue weighted by Crippen LogP contribution is -2.46. The highest BCUT2D eigenvalue weighted by atomic mass is 32.2. The van der Waals surface area contributed by atoms with Crippen LogP contribution >= 0.6 is 0 Å². The number of hydrogen-bond donors (Lipinski definition) is 1. The van der Waals surface area contributed by atoms with E-state index >= 15 is 0 Å². The van der Waals surface area contributed by atoms with Gasteiger partial charge in [0.15, 0.2) is 0 Å². The molecule has 2 aromatic carbocycles. The monoisotopic (exact) mass is 513 g/mol. The summed E-state index contributed by atoms with van der Waals surface area (Å²) in [7, 11) is -3.72. The van der Waals surface area contributed by atoms with Gasteiger partial charge in [-0.2, -0.15) is 5.10 Å². The molecule has 0 radical (unpaired) electrons. The Morgan fingerprint density at radius 3 is 1.86 bits per heavy atom. The van der Waals surface area contributed by atoms with Crippen LogP contribution in [0.15, 0.2) is 59.7 Å². The second-order valence-corrected chi connectivity index (χ2v) is 11.3. The SMILES string of the molecule is C[C@@H](C(=O)NN=C1CCCCCCCCCCC1)N(c1ccc(Oc2ccccc2)cc1)S(C)(=O)=O. The normalized spacial score (nSPS) is 16.7. The third-order valence-corrected chi connectivity index (χ3v) is 7.66. The van der Waals surface area contributed by atoms with E-state index in [2.05, 4.69) is 10.5 Å². The third kappa shape index (κ3) is 8.97. The number of hydrogen-bond acceptors (Lipinski definition) is 5. The Bertz CT molecular complexity index is 1070. The lowest BCUT2D eigenvalue weighted by Gasteiger charge is -2.27. The molecule has 3 rings (SSSR count). The molecule has 0 saturated heterocycles. The standard InChI is InChI=1S/C28H39N3O4S/c1-23(28(32)30-29-24-15-11-8-6-4-3-5-7-9-12-16-24)31(36(2,33)34)25-19-21-27(22-20-25)35-26-17-13-10-14-18-26/h10,13-14,17-23H,3-9,11-12,15-16H2,1-2H3,(H,30,32)/t23-/m0/s1. The van der Waals surface area contributed by atoms with Crippen LogP contribution < -0.4 is 14.5 Å². The summed E-state index contributed by atoms with van der Waals surface area (Å²) in [4.78, 5) is 13.0. The number of ether oxygens (including phenoxy) is 1. The predicted molar refractivity (Wildman–Crippen MR) is 146 cm³/mol. The highest BCUT2D eigenvalue weighted by Gasteiger charge is 2.29. The average Bonchev–Trinajstić information content (AvgIpc) is 2.84. The minimum atomic E-state index is -3.72. The van der Waals surface area contributed by atoms with Crippen molar-refractivity contribution in [3.05, 3.63) is 54.6 Å². The number of nitrogens with zero attached hydrogens (tertiary/aromatic N) is 2. The number of para-hydroxylation sites is 1. The number of amides is 1. The summed E-state index contributed by atoms with van der Waals surface area (Å²) in [5.74, 6) is 0.803. The van der Waals surface area contributed by atoms with Crippen LogP contribution in [-0.4, -0.2) is 32.3 Å². The summed E-state index contributed by atoms with van der Waals surface area (Å²) in [6.07, 6.45) is 13.7. The average molecular weight is 514 g/mol. The predicted octanol–water partition coefficient (Wildman–Crippen LogP) is 6.41. The molecule has 0 spiro atoms. The fraction of sp³-hybridized carbons (Fsp3) is 0.500. The zero-order valence-corrected chi connectivity index (χ0v) is 22.3. The van der Waals surface area contributed by atoms with Gasteiger partial charge < -0.3 is 4.74 Å². The first-order valence-electron chi connectivity index (χ1n) is 13.0. The highest BCUT2D eigenvalue weighted by molar-refractivity contribution is 7.92. The largest absolute Gasteiger partial charge is 0.457 e. The molecule has 36 heavy (non-hydrogen) atoms. The summed E-state index contributed by atoms with van der Waals surface area (Å²) in [6, 6.07) is 15.0. The van der Waals surface area contributed by atoms with Crippen LogP contribution in [0.2, 0.25) is 0 Å². The molecule has 1 amide bonds. The highest BCUT2D eigenvalue weighted by Crippen LogP contribution is 2.27. The zero-order valence-electron chi connectivity index (χ0n) is 21.5. The Kier molecular flexibility index (Phi) is 10.8. The van der Waals surface area contributed by atoms with Crippen molar-refractivity contribution in [1.82, 2.24) is 5.43 Å². The van der Waals surface area contributed by atoms with Gasteiger partial charge in [0, 0.05) is 5.71 Å². The topological polar surface area (TPSA) is 88.1 Å². The van der Waals surface area contributed by atoms with Gasteiger partial charge in [0.25, 0.3) is 5.91 Å². The molecule has 1 N–H and O–H groups in total. The Hall–Kier alpha value is -2.87. The zero-order chi connectivity index (χ0) is 25.8. The molecule has 2 aromatic rings. The molecule has 1 saturated carbocycles. The van der Waals surface area contributed by atoms with Gasteiger partial charge in [-0.3, -0.25) is 9.10 Å². The van der Waals surface area contributed by atoms with Crippen LogP contribution in [0.25, 0.3) is 0 Å². The van der Waals surface area contributed by atoms with Crippen LogP contribution in [0.3, 0.4) is 0 Å². The Morgan fingerprint density at radius 1 is 0.833 bits per heavy atom. The molecule has 1 aliphatic carbocycles. The van der Waals surface area contributed by atoms with Crippen molar-refractivity contribution in [3.63, 3.8) is 0 Å². The molecule has 0 aromatic heterocycles. The van der Waals surface area contributed by atoms with Gasteiger partial charge in [0.2, 0.25) is 10.0 Å². The molecule has 7 nitrogen and oxygen atoms in total. The number of sulfonamides is 1. The van der Waals surface area contributed by atoms with Crippen molar-refractivity contribution in [2.75, 3.05) is 10.6 Å². The number of rotatable bonds is 7. The minimum Gasteiger partial charge on any atom is -0.457 e. The van der Waals surface area contributed by atoms with Gasteiger partial charge in [-0.1, -0.05) is 63.1 Å². The summed E-state index contributed by atoms with van der Waals surface area (Å²) in [5.41, 5.74) is 4.03. The van der Waals surface area contributed by atoms with Gasteiger partial charge >= 0.3 is 0 Å². The molecule has 0 heterocycles. The van der Waals surface area contributed by atoms with Gasteiger partial charge in [-0.15, -0.1) is 0 Å². The number of carbonyl (C=O) groups excluding carboxylic acids is 1. The second-order valence-electron chi connectivity index (χ2n) is 9.48. The van der Waals surface area contributed by atoms with E-state index in [0.29, 0.717) is 17.2 Å². The lowest BCUT2D eigenvalue weighted by atomic mass is 10.00. The van der Waals surface area contributed by atoms with Crippen molar-refractivity contribution >= 4 is 27.3 Å². The Labute approximate surface area is 216 Å². The summed E-state index contributed by atoms with van der Waals surface area (Å²) >= 11 is 0. The number of carbonyl (C=O) groups is 1. The van der Waals surface area contributed by atoms with Crippen molar-refractivity contribution in [2.24, 2.45) is 5.10 Å². The van der Waals surface area contributed by atoms with Gasteiger partial charge in [0.05, 0.1) is 11.9 Å². The number of nitrogens with one attached hydrogen (secondary N) is 1. The van der Waals surface area contributed by atoms with Crippen molar-refractivity contribution in [1.29, 1.82) is 0 Å². The van der Waals surface area contributed by atoms with E-state index in [1.165, 1.54) is 44.9 Å². The maximum Gasteiger partial charge on any atom is 0.263 e. The molecule has 0 bridgehead atoms. The van der Waals surface area contributed by atoms with Crippen LogP contribution in [0.1, 0.15) is 77.6 Å². The van der Waals surface area contributed by atoms with E-state index in [9.17, 15) is 13.2 Å². The fourth-order valence-corrected chi connectivity index (χ4v) is 5.63. The molecule has 1 fully saturated rings. The molecule has 0 unspecified atom stereocenters. The molecule has 8 heteroatoms. The van der Waals surface area contributed by atoms with Crippen molar-refractivity contribution in [2.45, 2.75) is 83.6 Å². The number of benzene rings is 2. The van der Waals surface area contributed by atoms with E-state index in [0.717, 1.165) is 42.0 Å². The van der Waals surface area contributed by atoms with Gasteiger partial charge in [0.1, 0.15) is 17.5 Å². The van der Waals surface area contributed by atoms with Gasteiger partial charge in [-0.05, 0) is 69.0 Å². The number of hydrazone groups is 1. The van der Waals surface area contributed by atoms with E-state index in [1.807, 2.05) is 30.3 Å². The smallest absolute Gasteiger partial charge is 0.263 e. The lowest BCUT2D eigenvalue weighted by molar-refractivity contribution is -0.121. The van der Waals surface area contributed by atoms with Gasteiger partial charge in [-0.25, -0.2) is 13.8 Å². The molecule has 1 aliphatic rings. The summed E-state index contributed by atoms with van der Waals surface area (Å²) in [6.45, 7) is 1.58.